The van der Waals surface area contributed by atoms with Crippen molar-refractivity contribution in [1.82, 2.24) is 9.80 Å². The molecule has 2 fully saturated rings. The van der Waals surface area contributed by atoms with Gasteiger partial charge < -0.3 is 14.7 Å². The molecule has 0 aromatic heterocycles. The molecule has 2 atom stereocenters. The van der Waals surface area contributed by atoms with Crippen LogP contribution in [0.5, 0.6) is 0 Å². The van der Waals surface area contributed by atoms with Crippen molar-refractivity contribution < 1.29 is 18.9 Å². The summed E-state index contributed by atoms with van der Waals surface area (Å²) in [6, 6.07) is 5.67. The number of benzene rings is 1. The molecule has 2 heterocycles. The first-order valence-corrected chi connectivity index (χ1v) is 9.30. The van der Waals surface area contributed by atoms with Crippen LogP contribution in [-0.4, -0.2) is 66.6 Å². The third-order valence-electron chi connectivity index (χ3n) is 4.76. The van der Waals surface area contributed by atoms with E-state index in [4.69, 9.17) is 0 Å². The Balaban J connectivity index is 1.75. The normalized spacial score (nSPS) is 23.6. The van der Waals surface area contributed by atoms with Crippen LogP contribution in [0.1, 0.15) is 17.9 Å². The number of hydrogen-bond acceptors (Lipinski definition) is 3. The number of piperazine rings is 1. The molecule has 0 bridgehead atoms. The summed E-state index contributed by atoms with van der Waals surface area (Å²) in [5, 5.41) is -0.227. The van der Waals surface area contributed by atoms with Crippen LogP contribution in [0, 0.1) is 5.82 Å². The van der Waals surface area contributed by atoms with E-state index in [1.807, 2.05) is 4.90 Å². The Morgan fingerprint density at radius 3 is 2.54 bits per heavy atom. The van der Waals surface area contributed by atoms with E-state index >= 15 is 0 Å². The third-order valence-corrected chi connectivity index (χ3v) is 5.99. The monoisotopic (exact) mass is 352 g/mol. The number of rotatable bonds is 3. The molecule has 0 saturated carbocycles. The zero-order chi connectivity index (χ0) is 17.3. The van der Waals surface area contributed by atoms with Crippen molar-refractivity contribution in [3.63, 3.8) is 0 Å². The first-order valence-electron chi connectivity index (χ1n) is 8.25. The minimum Gasteiger partial charge on any atom is -0.334 e. The summed E-state index contributed by atoms with van der Waals surface area (Å²) in [5.41, 5.74) is 0.856. The average molecular weight is 352 g/mol. The fraction of sp³-hybridized carbons (Fsp3) is 0.529. The van der Waals surface area contributed by atoms with E-state index in [1.165, 1.54) is 28.8 Å². The van der Waals surface area contributed by atoms with Gasteiger partial charge in [0.2, 0.25) is 11.8 Å². The predicted molar refractivity (Wildman–Crippen MR) is 91.1 cm³/mol. The van der Waals surface area contributed by atoms with Crippen molar-refractivity contribution in [2.45, 2.75) is 18.3 Å². The number of halogens is 1. The molecular weight excluding hydrogens is 329 g/mol. The molecule has 0 aliphatic carbocycles. The molecule has 2 amide bonds. The summed E-state index contributed by atoms with van der Waals surface area (Å²) >= 11 is 1.49. The maximum atomic E-state index is 13.2. The number of carbonyl (C=O) groups excluding carboxylic acids is 2. The lowest BCUT2D eigenvalue weighted by Gasteiger charge is -2.36. The highest BCUT2D eigenvalue weighted by molar-refractivity contribution is 8.00. The molecule has 2 aliphatic rings. The van der Waals surface area contributed by atoms with Gasteiger partial charge in [0.25, 0.3) is 0 Å². The van der Waals surface area contributed by atoms with Crippen LogP contribution in [-0.2, 0) is 9.59 Å². The van der Waals surface area contributed by atoms with Crippen molar-refractivity contribution in [3.05, 3.63) is 35.6 Å². The average Bonchev–Trinajstić information content (AvgIpc) is 2.96. The van der Waals surface area contributed by atoms with E-state index in [2.05, 4.69) is 7.05 Å². The maximum absolute atomic E-state index is 13.2. The molecule has 130 valence electrons. The molecule has 24 heavy (non-hydrogen) atoms. The van der Waals surface area contributed by atoms with Crippen LogP contribution >= 0.6 is 11.8 Å². The van der Waals surface area contributed by atoms with Gasteiger partial charge in [0.05, 0.1) is 39.0 Å². The van der Waals surface area contributed by atoms with Crippen LogP contribution in [0.25, 0.3) is 0 Å². The Hall–Kier alpha value is -1.60. The lowest BCUT2D eigenvalue weighted by atomic mass is 10.1. The second kappa shape index (κ2) is 7.11. The molecular formula is C17H23FN3O2S+. The largest absolute Gasteiger partial charge is 0.334 e. The summed E-state index contributed by atoms with van der Waals surface area (Å²) in [7, 11) is 2.12. The molecule has 0 radical (unpaired) electrons. The molecule has 0 unspecified atom stereocenters. The van der Waals surface area contributed by atoms with Crippen molar-refractivity contribution in [2.24, 2.45) is 0 Å². The first-order chi connectivity index (χ1) is 11.5. The van der Waals surface area contributed by atoms with E-state index in [0.717, 1.165) is 31.7 Å². The summed E-state index contributed by atoms with van der Waals surface area (Å²) in [6.45, 7) is 5.12. The van der Waals surface area contributed by atoms with E-state index < -0.39 is 6.04 Å². The summed E-state index contributed by atoms with van der Waals surface area (Å²) in [5.74, 6) is 0.0242. The van der Waals surface area contributed by atoms with Crippen molar-refractivity contribution >= 4 is 23.6 Å². The molecule has 5 nitrogen and oxygen atoms in total. The van der Waals surface area contributed by atoms with Crippen LogP contribution in [0.4, 0.5) is 4.39 Å². The Bertz CT molecular complexity index is 617. The molecule has 1 N–H and O–H groups in total. The zero-order valence-corrected chi connectivity index (χ0v) is 14.8. The second-order valence-corrected chi connectivity index (χ2v) is 7.54. The predicted octanol–water partition coefficient (Wildman–Crippen LogP) is 0.145. The molecule has 7 heteroatoms. The number of hydrogen-bond donors (Lipinski definition) is 1. The summed E-state index contributed by atoms with van der Waals surface area (Å²) in [4.78, 5) is 30.1. The van der Waals surface area contributed by atoms with E-state index in [1.54, 1.807) is 24.0 Å². The van der Waals surface area contributed by atoms with Crippen molar-refractivity contribution in [3.8, 4) is 0 Å². The van der Waals surface area contributed by atoms with Gasteiger partial charge in [-0.1, -0.05) is 12.1 Å². The number of carbonyl (C=O) groups is 2. The third kappa shape index (κ3) is 3.42. The van der Waals surface area contributed by atoms with E-state index in [-0.39, 0.29) is 23.0 Å². The van der Waals surface area contributed by atoms with Gasteiger partial charge in [0.15, 0.2) is 0 Å². The van der Waals surface area contributed by atoms with Crippen LogP contribution in [0.3, 0.4) is 0 Å². The highest BCUT2D eigenvalue weighted by atomic mass is 32.2. The highest BCUT2D eigenvalue weighted by Gasteiger charge is 2.40. The van der Waals surface area contributed by atoms with Gasteiger partial charge >= 0.3 is 0 Å². The van der Waals surface area contributed by atoms with Crippen LogP contribution in [0.15, 0.2) is 24.3 Å². The minimum absolute atomic E-state index is 0.00506. The van der Waals surface area contributed by atoms with Gasteiger partial charge in [-0.2, -0.15) is 0 Å². The minimum atomic E-state index is -0.499. The second-order valence-electron chi connectivity index (χ2n) is 6.47. The number of nitrogens with one attached hydrogen (secondary N) is 1. The molecule has 2 saturated heterocycles. The summed E-state index contributed by atoms with van der Waals surface area (Å²) in [6.07, 6.45) is 0. The molecule has 3 rings (SSSR count). The van der Waals surface area contributed by atoms with Gasteiger partial charge in [-0.05, 0) is 24.6 Å². The lowest BCUT2D eigenvalue weighted by Crippen LogP contribution is -3.12. The van der Waals surface area contributed by atoms with Gasteiger partial charge in [-0.3, -0.25) is 9.59 Å². The van der Waals surface area contributed by atoms with Gasteiger partial charge in [-0.15, -0.1) is 11.8 Å². The molecule has 0 spiro atoms. The Morgan fingerprint density at radius 1 is 1.29 bits per heavy atom. The maximum Gasteiger partial charge on any atom is 0.245 e. The van der Waals surface area contributed by atoms with Gasteiger partial charge in [0, 0.05) is 0 Å². The zero-order valence-electron chi connectivity index (χ0n) is 14.0. The van der Waals surface area contributed by atoms with Crippen LogP contribution < -0.4 is 4.90 Å². The van der Waals surface area contributed by atoms with E-state index in [9.17, 15) is 14.0 Å². The fourth-order valence-corrected chi connectivity index (χ4v) is 4.49. The SMILES string of the molecule is C[C@@H](C(=O)N1CC[NH+](C)CC1)N1C(=O)CS[C@H]1c1ccc(F)cc1. The summed E-state index contributed by atoms with van der Waals surface area (Å²) < 4.78 is 13.2. The Kier molecular flexibility index (Phi) is 5.10. The first kappa shape index (κ1) is 17.2. The fourth-order valence-electron chi connectivity index (χ4n) is 3.23. The molecule has 1 aromatic carbocycles. The standard InChI is InChI=1S/C17H22FN3O2S/c1-12(16(23)20-9-7-19(2)8-10-20)21-15(22)11-24-17(21)13-3-5-14(18)6-4-13/h3-6,12,17H,7-11H2,1-2H3/p+1/t12-,17-/m0/s1. The molecule has 1 aromatic rings. The Labute approximate surface area is 145 Å². The smallest absolute Gasteiger partial charge is 0.245 e. The van der Waals surface area contributed by atoms with Gasteiger partial charge in [-0.25, -0.2) is 4.39 Å². The molecule has 2 aliphatic heterocycles. The topological polar surface area (TPSA) is 45.1 Å². The van der Waals surface area contributed by atoms with Crippen LogP contribution in [0.2, 0.25) is 0 Å². The Morgan fingerprint density at radius 2 is 1.92 bits per heavy atom. The number of likely N-dealkylation sites (N-methyl/N-ethyl adjacent to an activating group) is 1. The number of quaternary nitrogens is 1. The van der Waals surface area contributed by atoms with Crippen molar-refractivity contribution in [2.75, 3.05) is 39.0 Å². The van der Waals surface area contributed by atoms with Crippen molar-refractivity contribution in [1.29, 1.82) is 0 Å². The van der Waals surface area contributed by atoms with E-state index in [0.29, 0.717) is 5.75 Å². The quantitative estimate of drug-likeness (QED) is 0.842. The number of thioether (sulfide) groups is 1. The highest BCUT2D eigenvalue weighted by Crippen LogP contribution is 2.40. The lowest BCUT2D eigenvalue weighted by molar-refractivity contribution is -0.883. The number of nitrogens with zero attached hydrogens (tertiary/aromatic N) is 2. The number of amides is 2. The van der Waals surface area contributed by atoms with Gasteiger partial charge in [0.1, 0.15) is 17.2 Å².